The van der Waals surface area contributed by atoms with Crippen LogP contribution in [0.3, 0.4) is 0 Å². The zero-order chi connectivity index (χ0) is 4.41. The number of aryl methyl sites for hydroxylation is 1. The molecule has 0 atom stereocenters. The first-order chi connectivity index (χ1) is 2.89. The van der Waals surface area contributed by atoms with E-state index in [0.29, 0.717) is 0 Å². The summed E-state index contributed by atoms with van der Waals surface area (Å²) in [5.41, 5.74) is 0. The molecule has 1 rings (SSSR count). The molecule has 0 aliphatic rings. The van der Waals surface area contributed by atoms with E-state index < -0.39 is 0 Å². The molecule has 0 spiro atoms. The summed E-state index contributed by atoms with van der Waals surface area (Å²) in [5, 5.41) is 0. The minimum Gasteiger partial charge on any atom is -0.442 e. The molecule has 0 fully saturated rings. The van der Waals surface area contributed by atoms with Crippen LogP contribution in [0.2, 0.25) is 0 Å². The molecular formula is C4H5N2Na. The van der Waals surface area contributed by atoms with Gasteiger partial charge in [0.2, 0.25) is 0 Å². The molecule has 0 aliphatic carbocycles. The predicted molar refractivity (Wildman–Crippen MR) is 22.0 cm³/mol. The van der Waals surface area contributed by atoms with Gasteiger partial charge >= 0.3 is 29.6 Å². The van der Waals surface area contributed by atoms with E-state index in [1.54, 1.807) is 12.5 Å². The van der Waals surface area contributed by atoms with Crippen molar-refractivity contribution in [3.63, 3.8) is 0 Å². The van der Waals surface area contributed by atoms with Gasteiger partial charge in [-0.15, -0.1) is 6.20 Å². The fourth-order valence-electron chi connectivity index (χ4n) is 0.282. The molecule has 0 unspecified atom stereocenters. The second kappa shape index (κ2) is 3.24. The van der Waals surface area contributed by atoms with Gasteiger partial charge in [0.1, 0.15) is 0 Å². The Morgan fingerprint density at radius 1 is 1.71 bits per heavy atom. The van der Waals surface area contributed by atoms with Crippen LogP contribution in [0.5, 0.6) is 0 Å². The van der Waals surface area contributed by atoms with Crippen molar-refractivity contribution in [1.29, 1.82) is 0 Å². The van der Waals surface area contributed by atoms with Crippen LogP contribution in [-0.4, -0.2) is 9.55 Å². The van der Waals surface area contributed by atoms with Gasteiger partial charge in [0.15, 0.2) is 0 Å². The van der Waals surface area contributed by atoms with E-state index in [4.69, 9.17) is 0 Å². The number of hydrogen-bond donors (Lipinski definition) is 0. The summed E-state index contributed by atoms with van der Waals surface area (Å²) in [6.07, 6.45) is 6.10. The van der Waals surface area contributed by atoms with Gasteiger partial charge in [-0.3, -0.25) is 0 Å². The average Bonchev–Trinajstić information content (AvgIpc) is 1.86. The maximum absolute atomic E-state index is 3.66. The Bertz CT molecular complexity index is 113. The monoisotopic (exact) mass is 104 g/mol. The molecule has 0 bridgehead atoms. The van der Waals surface area contributed by atoms with Gasteiger partial charge in [0.25, 0.3) is 0 Å². The Labute approximate surface area is 64.8 Å². The van der Waals surface area contributed by atoms with Crippen LogP contribution in [0.1, 0.15) is 0 Å². The van der Waals surface area contributed by atoms with E-state index in [9.17, 15) is 0 Å². The van der Waals surface area contributed by atoms with Crippen LogP contribution in [0.15, 0.2) is 12.5 Å². The van der Waals surface area contributed by atoms with E-state index in [0.717, 1.165) is 0 Å². The largest absolute Gasteiger partial charge is 1.00 e. The number of aromatic nitrogens is 2. The molecule has 0 N–H and O–H groups in total. The third kappa shape index (κ3) is 2.12. The minimum absolute atomic E-state index is 0. The Kier molecular flexibility index (Phi) is 3.34. The maximum Gasteiger partial charge on any atom is 1.00 e. The summed E-state index contributed by atoms with van der Waals surface area (Å²) in [6, 6.07) is 0. The first-order valence-corrected chi connectivity index (χ1v) is 1.73. The average molecular weight is 104 g/mol. The van der Waals surface area contributed by atoms with Gasteiger partial charge in [-0.05, 0) is 7.05 Å². The summed E-state index contributed by atoms with van der Waals surface area (Å²) in [7, 11) is 1.91. The van der Waals surface area contributed by atoms with Crippen molar-refractivity contribution >= 4 is 0 Å². The van der Waals surface area contributed by atoms with Crippen molar-refractivity contribution in [2.45, 2.75) is 0 Å². The molecule has 32 valence electrons. The molecule has 0 saturated carbocycles. The Morgan fingerprint density at radius 3 is 2.57 bits per heavy atom. The normalized spacial score (nSPS) is 7.57. The quantitative estimate of drug-likeness (QED) is 0.257. The van der Waals surface area contributed by atoms with Crippen molar-refractivity contribution in [3.05, 3.63) is 18.7 Å². The van der Waals surface area contributed by atoms with Gasteiger partial charge in [-0.1, -0.05) is 12.5 Å². The van der Waals surface area contributed by atoms with Crippen molar-refractivity contribution < 1.29 is 29.6 Å². The molecule has 0 radical (unpaired) electrons. The molecule has 2 nitrogen and oxygen atoms in total. The van der Waals surface area contributed by atoms with Crippen LogP contribution in [0.4, 0.5) is 0 Å². The van der Waals surface area contributed by atoms with Gasteiger partial charge in [-0.25, -0.2) is 0 Å². The van der Waals surface area contributed by atoms with Gasteiger partial charge < -0.3 is 9.55 Å². The van der Waals surface area contributed by atoms with Crippen molar-refractivity contribution in [2.24, 2.45) is 7.05 Å². The molecule has 3 heteroatoms. The van der Waals surface area contributed by atoms with E-state index in [1.807, 2.05) is 11.6 Å². The fourth-order valence-corrected chi connectivity index (χ4v) is 0.282. The maximum atomic E-state index is 3.66. The summed E-state index contributed by atoms with van der Waals surface area (Å²) in [6.45, 7) is 0. The third-order valence-electron chi connectivity index (χ3n) is 0.576. The Balaban J connectivity index is 0.000000360. The van der Waals surface area contributed by atoms with E-state index in [-0.39, 0.29) is 29.6 Å². The second-order valence-electron chi connectivity index (χ2n) is 1.17. The van der Waals surface area contributed by atoms with Gasteiger partial charge in [0, 0.05) is 0 Å². The summed E-state index contributed by atoms with van der Waals surface area (Å²) in [4.78, 5) is 3.66. The number of imidazole rings is 1. The van der Waals surface area contributed by atoms with Crippen LogP contribution in [0.25, 0.3) is 0 Å². The molecule has 1 aromatic heterocycles. The topological polar surface area (TPSA) is 17.8 Å². The predicted octanol–water partition coefficient (Wildman–Crippen LogP) is -2.78. The first-order valence-electron chi connectivity index (χ1n) is 1.73. The molecule has 0 aromatic carbocycles. The van der Waals surface area contributed by atoms with E-state index in [2.05, 4.69) is 11.2 Å². The van der Waals surface area contributed by atoms with Crippen LogP contribution in [0, 0.1) is 6.20 Å². The Morgan fingerprint density at radius 2 is 2.43 bits per heavy atom. The number of rotatable bonds is 0. The molecule has 1 heterocycles. The molecule has 0 aliphatic heterocycles. The molecule has 1 aromatic rings. The van der Waals surface area contributed by atoms with Crippen LogP contribution in [-0.2, 0) is 7.05 Å². The van der Waals surface area contributed by atoms with E-state index >= 15 is 0 Å². The third-order valence-corrected chi connectivity index (χ3v) is 0.576. The van der Waals surface area contributed by atoms with Gasteiger partial charge in [0.05, 0.1) is 0 Å². The number of hydrogen-bond acceptors (Lipinski definition) is 1. The SMILES string of the molecule is Cn1c[c-]nc1.[Na+]. The fraction of sp³-hybridized carbons (Fsp3) is 0.250. The van der Waals surface area contributed by atoms with Crippen molar-refractivity contribution in [3.8, 4) is 0 Å². The molecular weight excluding hydrogens is 99.0 g/mol. The molecule has 7 heavy (non-hydrogen) atoms. The second-order valence-corrected chi connectivity index (χ2v) is 1.17. The van der Waals surface area contributed by atoms with Crippen molar-refractivity contribution in [2.75, 3.05) is 0 Å². The summed E-state index contributed by atoms with van der Waals surface area (Å²) in [5.74, 6) is 0. The summed E-state index contributed by atoms with van der Waals surface area (Å²) >= 11 is 0. The summed E-state index contributed by atoms with van der Waals surface area (Å²) < 4.78 is 1.83. The smallest absolute Gasteiger partial charge is 0.442 e. The minimum atomic E-state index is 0. The zero-order valence-corrected chi connectivity index (χ0v) is 6.55. The van der Waals surface area contributed by atoms with Gasteiger partial charge in [-0.2, -0.15) is 0 Å². The molecule has 0 amide bonds. The Hall–Kier alpha value is 0.210. The van der Waals surface area contributed by atoms with Crippen LogP contribution >= 0.6 is 0 Å². The van der Waals surface area contributed by atoms with Crippen molar-refractivity contribution in [1.82, 2.24) is 9.55 Å². The number of nitrogens with zero attached hydrogens (tertiary/aromatic N) is 2. The van der Waals surface area contributed by atoms with Crippen LogP contribution < -0.4 is 29.6 Å². The zero-order valence-electron chi connectivity index (χ0n) is 4.55. The first kappa shape index (κ1) is 7.21. The molecule has 0 saturated heterocycles. The van der Waals surface area contributed by atoms with E-state index in [1.165, 1.54) is 0 Å². The standard InChI is InChI=1S/C4H5N2.Na/c1-6-3-2-5-4-6;/h3-4H,1H3;/q-1;+1.